The molecule has 2 rings (SSSR count). The fourth-order valence-electron chi connectivity index (χ4n) is 2.47. The van der Waals surface area contributed by atoms with Crippen LogP contribution in [0.3, 0.4) is 0 Å². The van der Waals surface area contributed by atoms with Crippen LogP contribution < -0.4 is 5.32 Å². The number of hydrogen-bond acceptors (Lipinski definition) is 3. The number of amides is 2. The van der Waals surface area contributed by atoms with Crippen molar-refractivity contribution < 1.29 is 14.3 Å². The maximum absolute atomic E-state index is 12.3. The van der Waals surface area contributed by atoms with Crippen molar-refractivity contribution in [2.24, 2.45) is 5.92 Å². The zero-order valence-corrected chi connectivity index (χ0v) is 13.7. The molecule has 1 aliphatic rings. The number of methoxy groups -OCH3 is 1. The van der Waals surface area contributed by atoms with Crippen LogP contribution >= 0.6 is 15.9 Å². The molecular formula is C15H19BrN2O3. The molecule has 1 aromatic carbocycles. The summed E-state index contributed by atoms with van der Waals surface area (Å²) in [5.74, 6) is -0.418. The summed E-state index contributed by atoms with van der Waals surface area (Å²) < 4.78 is 5.97. The second kappa shape index (κ2) is 7.04. The molecule has 5 nitrogen and oxygen atoms in total. The van der Waals surface area contributed by atoms with Crippen LogP contribution in [-0.2, 0) is 14.3 Å². The lowest BCUT2D eigenvalue weighted by Crippen LogP contribution is -2.38. The molecule has 114 valence electrons. The molecule has 0 unspecified atom stereocenters. The molecule has 1 N–H and O–H groups in total. The quantitative estimate of drug-likeness (QED) is 0.882. The van der Waals surface area contributed by atoms with Gasteiger partial charge in [0.2, 0.25) is 11.8 Å². The third-order valence-corrected chi connectivity index (χ3v) is 4.05. The predicted molar refractivity (Wildman–Crippen MR) is 83.9 cm³/mol. The van der Waals surface area contributed by atoms with E-state index in [0.717, 1.165) is 10.2 Å². The summed E-state index contributed by atoms with van der Waals surface area (Å²) in [5, 5.41) is 2.86. The van der Waals surface area contributed by atoms with E-state index >= 15 is 0 Å². The van der Waals surface area contributed by atoms with Crippen LogP contribution in [0.4, 0.5) is 5.69 Å². The Morgan fingerprint density at radius 3 is 3.00 bits per heavy atom. The highest BCUT2D eigenvalue weighted by Gasteiger charge is 2.36. The van der Waals surface area contributed by atoms with Gasteiger partial charge in [-0.3, -0.25) is 9.59 Å². The lowest BCUT2D eigenvalue weighted by Gasteiger charge is -2.23. The molecule has 6 heteroatoms. The summed E-state index contributed by atoms with van der Waals surface area (Å²) in [6.45, 7) is 2.85. The van der Waals surface area contributed by atoms with Gasteiger partial charge in [0.05, 0.1) is 18.6 Å². The number of hydrogen-bond donors (Lipinski definition) is 1. The maximum atomic E-state index is 12.3. The summed E-state index contributed by atoms with van der Waals surface area (Å²) in [7, 11) is 1.61. The van der Waals surface area contributed by atoms with E-state index in [1.807, 2.05) is 31.2 Å². The molecular weight excluding hydrogens is 336 g/mol. The Morgan fingerprint density at radius 2 is 2.33 bits per heavy atom. The molecule has 21 heavy (non-hydrogen) atoms. The van der Waals surface area contributed by atoms with Crippen LogP contribution in [-0.4, -0.2) is 43.0 Å². The van der Waals surface area contributed by atoms with Gasteiger partial charge in [-0.25, -0.2) is 0 Å². The monoisotopic (exact) mass is 354 g/mol. The van der Waals surface area contributed by atoms with Crippen molar-refractivity contribution in [3.8, 4) is 0 Å². The number of nitrogens with zero attached hydrogens (tertiary/aromatic N) is 1. The highest BCUT2D eigenvalue weighted by Crippen LogP contribution is 2.23. The van der Waals surface area contributed by atoms with E-state index in [1.54, 1.807) is 12.0 Å². The average molecular weight is 355 g/mol. The summed E-state index contributed by atoms with van der Waals surface area (Å²) in [6.07, 6.45) is 0.258. The van der Waals surface area contributed by atoms with Crippen molar-refractivity contribution in [3.63, 3.8) is 0 Å². The van der Waals surface area contributed by atoms with Crippen LogP contribution in [0, 0.1) is 5.92 Å². The summed E-state index contributed by atoms with van der Waals surface area (Å²) >= 11 is 3.36. The highest BCUT2D eigenvalue weighted by molar-refractivity contribution is 9.10. The van der Waals surface area contributed by atoms with E-state index in [9.17, 15) is 9.59 Å². The molecule has 1 heterocycles. The number of benzene rings is 1. The van der Waals surface area contributed by atoms with Gasteiger partial charge in [0, 0.05) is 30.2 Å². The Kier molecular flexibility index (Phi) is 5.36. The average Bonchev–Trinajstić information content (AvgIpc) is 2.81. The number of carbonyl (C=O) groups is 2. The predicted octanol–water partition coefficient (Wildman–Crippen LogP) is 2.27. The standard InChI is InChI=1S/C15H19BrN2O3/c1-10(9-21-2)18-8-11(6-14(18)19)15(20)17-13-5-3-4-12(16)7-13/h3-5,7,10-11H,6,8-9H2,1-2H3,(H,17,20)/t10-,11-/m0/s1. The fraction of sp³-hybridized carbons (Fsp3) is 0.467. The Bertz CT molecular complexity index is 535. The molecule has 0 radical (unpaired) electrons. The first-order valence-corrected chi connectivity index (χ1v) is 7.65. The molecule has 0 aliphatic carbocycles. The second-order valence-corrected chi connectivity index (χ2v) is 6.17. The van der Waals surface area contributed by atoms with Gasteiger partial charge < -0.3 is 15.0 Å². The summed E-state index contributed by atoms with van der Waals surface area (Å²) in [5.41, 5.74) is 0.727. The molecule has 0 spiro atoms. The lowest BCUT2D eigenvalue weighted by molar-refractivity contribution is -0.130. The fourth-order valence-corrected chi connectivity index (χ4v) is 2.87. The lowest BCUT2D eigenvalue weighted by atomic mass is 10.1. The molecule has 2 amide bonds. The topological polar surface area (TPSA) is 58.6 Å². The zero-order valence-electron chi connectivity index (χ0n) is 12.1. The molecule has 1 saturated heterocycles. The van der Waals surface area contributed by atoms with E-state index in [2.05, 4.69) is 21.2 Å². The van der Waals surface area contributed by atoms with Gasteiger partial charge in [0.15, 0.2) is 0 Å². The summed E-state index contributed by atoms with van der Waals surface area (Å²) in [6, 6.07) is 7.39. The van der Waals surface area contributed by atoms with Crippen LogP contribution in [0.1, 0.15) is 13.3 Å². The molecule has 0 aromatic heterocycles. The van der Waals surface area contributed by atoms with Crippen LogP contribution in [0.15, 0.2) is 28.7 Å². The Hall–Kier alpha value is -1.40. The smallest absolute Gasteiger partial charge is 0.229 e. The first-order valence-electron chi connectivity index (χ1n) is 6.86. The minimum Gasteiger partial charge on any atom is -0.383 e. The first kappa shape index (κ1) is 16.0. The molecule has 2 atom stereocenters. The Morgan fingerprint density at radius 1 is 1.57 bits per heavy atom. The summed E-state index contributed by atoms with van der Waals surface area (Å²) in [4.78, 5) is 26.0. The molecule has 1 aromatic rings. The van der Waals surface area contributed by atoms with Gasteiger partial charge in [-0.15, -0.1) is 0 Å². The molecule has 0 bridgehead atoms. The van der Waals surface area contributed by atoms with Crippen molar-refractivity contribution in [1.29, 1.82) is 0 Å². The van der Waals surface area contributed by atoms with Gasteiger partial charge in [-0.1, -0.05) is 22.0 Å². The van der Waals surface area contributed by atoms with E-state index in [0.29, 0.717) is 13.2 Å². The van der Waals surface area contributed by atoms with Crippen LogP contribution in [0.2, 0.25) is 0 Å². The van der Waals surface area contributed by atoms with Gasteiger partial charge in [0.25, 0.3) is 0 Å². The van der Waals surface area contributed by atoms with E-state index < -0.39 is 0 Å². The number of carbonyl (C=O) groups excluding carboxylic acids is 2. The highest BCUT2D eigenvalue weighted by atomic mass is 79.9. The zero-order chi connectivity index (χ0) is 15.4. The number of halogens is 1. The number of anilines is 1. The maximum Gasteiger partial charge on any atom is 0.229 e. The van der Waals surface area contributed by atoms with Gasteiger partial charge in [-0.2, -0.15) is 0 Å². The Balaban J connectivity index is 1.97. The molecule has 0 saturated carbocycles. The van der Waals surface area contributed by atoms with E-state index in [4.69, 9.17) is 4.74 Å². The third kappa shape index (κ3) is 4.04. The van der Waals surface area contributed by atoms with Crippen molar-refractivity contribution in [1.82, 2.24) is 4.90 Å². The van der Waals surface area contributed by atoms with Gasteiger partial charge in [-0.05, 0) is 25.1 Å². The van der Waals surface area contributed by atoms with Crippen LogP contribution in [0.5, 0.6) is 0 Å². The number of rotatable bonds is 5. The van der Waals surface area contributed by atoms with Crippen molar-refractivity contribution in [3.05, 3.63) is 28.7 Å². The molecule has 1 fully saturated rings. The second-order valence-electron chi connectivity index (χ2n) is 5.25. The van der Waals surface area contributed by atoms with Crippen LogP contribution in [0.25, 0.3) is 0 Å². The molecule has 1 aliphatic heterocycles. The van der Waals surface area contributed by atoms with E-state index in [1.165, 1.54) is 0 Å². The number of ether oxygens (including phenoxy) is 1. The van der Waals surface area contributed by atoms with E-state index in [-0.39, 0.29) is 30.2 Å². The normalized spacial score (nSPS) is 19.7. The SMILES string of the molecule is COC[C@H](C)N1C[C@@H](C(=O)Nc2cccc(Br)c2)CC1=O. The van der Waals surface area contributed by atoms with Crippen molar-refractivity contribution in [2.75, 3.05) is 25.6 Å². The van der Waals surface area contributed by atoms with Gasteiger partial charge in [0.1, 0.15) is 0 Å². The number of likely N-dealkylation sites (tertiary alicyclic amines) is 1. The minimum absolute atomic E-state index is 0.00818. The van der Waals surface area contributed by atoms with Crippen molar-refractivity contribution >= 4 is 33.4 Å². The minimum atomic E-state index is -0.309. The van der Waals surface area contributed by atoms with Gasteiger partial charge >= 0.3 is 0 Å². The first-order chi connectivity index (χ1) is 10.0. The number of nitrogens with one attached hydrogen (secondary N) is 1. The third-order valence-electron chi connectivity index (χ3n) is 3.56. The van der Waals surface area contributed by atoms with Crippen molar-refractivity contribution in [2.45, 2.75) is 19.4 Å². The Labute approximate surface area is 132 Å². The largest absolute Gasteiger partial charge is 0.383 e.